The third-order valence-corrected chi connectivity index (χ3v) is 8.67. The van der Waals surface area contributed by atoms with Crippen molar-refractivity contribution in [3.63, 3.8) is 0 Å². The van der Waals surface area contributed by atoms with Gasteiger partial charge in [0.1, 0.15) is 12.6 Å². The Morgan fingerprint density at radius 3 is 2.23 bits per heavy atom. The van der Waals surface area contributed by atoms with E-state index in [0.29, 0.717) is 17.1 Å². The summed E-state index contributed by atoms with van der Waals surface area (Å²) in [7, 11) is -4.10. The average molecular weight is 570 g/mol. The number of benzene rings is 3. The molecule has 9 heteroatoms. The summed E-state index contributed by atoms with van der Waals surface area (Å²) in [6.07, 6.45) is 1.31. The van der Waals surface area contributed by atoms with Crippen LogP contribution in [-0.2, 0) is 32.6 Å². The van der Waals surface area contributed by atoms with Crippen molar-refractivity contribution >= 4 is 39.1 Å². The molecule has 0 saturated carbocycles. The number of hydrogen-bond donors (Lipinski definition) is 1. The lowest BCUT2D eigenvalue weighted by molar-refractivity contribution is -0.139. The number of sulfonamides is 1. The van der Waals surface area contributed by atoms with Crippen molar-refractivity contribution in [2.24, 2.45) is 0 Å². The fourth-order valence-corrected chi connectivity index (χ4v) is 5.85. The number of halogens is 1. The highest BCUT2D eigenvalue weighted by Crippen LogP contribution is 2.28. The van der Waals surface area contributed by atoms with Gasteiger partial charge in [0.05, 0.1) is 10.6 Å². The van der Waals surface area contributed by atoms with E-state index in [0.717, 1.165) is 21.9 Å². The largest absolute Gasteiger partial charge is 0.352 e. The third-order valence-electron chi connectivity index (χ3n) is 6.66. The van der Waals surface area contributed by atoms with Gasteiger partial charge >= 0.3 is 0 Å². The number of nitrogens with one attached hydrogen (secondary N) is 1. The second-order valence-corrected chi connectivity index (χ2v) is 11.8. The van der Waals surface area contributed by atoms with Gasteiger partial charge in [-0.25, -0.2) is 8.42 Å². The molecule has 0 aromatic heterocycles. The lowest BCUT2D eigenvalue weighted by Crippen LogP contribution is -2.52. The molecule has 1 N–H and O–H groups in total. The SMILES string of the molecule is CCc1ccccc1N(CC(=O)N(Cc1cccc(Cl)c1)[C@H](C)C(=O)N[C@@H](C)CC)S(=O)(=O)c1ccccc1. The van der Waals surface area contributed by atoms with Gasteiger partial charge in [-0.1, -0.05) is 74.0 Å². The van der Waals surface area contributed by atoms with Crippen LogP contribution >= 0.6 is 11.6 Å². The van der Waals surface area contributed by atoms with E-state index in [2.05, 4.69) is 5.32 Å². The second kappa shape index (κ2) is 13.6. The van der Waals surface area contributed by atoms with E-state index in [9.17, 15) is 18.0 Å². The van der Waals surface area contributed by atoms with E-state index in [1.807, 2.05) is 39.0 Å². The van der Waals surface area contributed by atoms with Crippen LogP contribution in [0.25, 0.3) is 0 Å². The number of nitrogens with zero attached hydrogens (tertiary/aromatic N) is 2. The molecule has 0 aliphatic heterocycles. The Hall–Kier alpha value is -3.36. The molecule has 0 spiro atoms. The van der Waals surface area contributed by atoms with E-state index in [-0.39, 0.29) is 23.4 Å². The molecule has 2 atom stereocenters. The Bertz CT molecular complexity index is 1380. The first-order chi connectivity index (χ1) is 18.6. The van der Waals surface area contributed by atoms with Crippen LogP contribution in [0.15, 0.2) is 83.8 Å². The highest BCUT2D eigenvalue weighted by molar-refractivity contribution is 7.92. The maximum atomic E-state index is 14.0. The molecule has 0 aliphatic rings. The minimum atomic E-state index is -4.10. The molecule has 208 valence electrons. The Balaban J connectivity index is 2.05. The van der Waals surface area contributed by atoms with Gasteiger partial charge in [0, 0.05) is 17.6 Å². The molecule has 7 nitrogen and oxygen atoms in total. The van der Waals surface area contributed by atoms with E-state index >= 15 is 0 Å². The quantitative estimate of drug-likeness (QED) is 0.315. The lowest BCUT2D eigenvalue weighted by Gasteiger charge is -2.33. The number of aryl methyl sites for hydroxylation is 1. The molecule has 0 radical (unpaired) electrons. The predicted octanol–water partition coefficient (Wildman–Crippen LogP) is 5.43. The number of carbonyl (C=O) groups excluding carboxylic acids is 2. The van der Waals surface area contributed by atoms with Gasteiger partial charge in [0.25, 0.3) is 10.0 Å². The molecule has 0 bridgehead atoms. The van der Waals surface area contributed by atoms with Crippen molar-refractivity contribution in [3.8, 4) is 0 Å². The average Bonchev–Trinajstić information content (AvgIpc) is 2.94. The van der Waals surface area contributed by atoms with Crippen LogP contribution in [0.3, 0.4) is 0 Å². The normalized spacial score (nSPS) is 12.8. The van der Waals surface area contributed by atoms with Crippen LogP contribution in [0.2, 0.25) is 5.02 Å². The van der Waals surface area contributed by atoms with E-state index in [1.54, 1.807) is 55.5 Å². The summed E-state index contributed by atoms with van der Waals surface area (Å²) in [4.78, 5) is 28.6. The zero-order chi connectivity index (χ0) is 28.6. The summed E-state index contributed by atoms with van der Waals surface area (Å²) in [5.74, 6) is -0.821. The summed E-state index contributed by atoms with van der Waals surface area (Å²) in [5.41, 5.74) is 1.94. The smallest absolute Gasteiger partial charge is 0.264 e. The van der Waals surface area contributed by atoms with Gasteiger partial charge in [-0.15, -0.1) is 0 Å². The van der Waals surface area contributed by atoms with Crippen molar-refractivity contribution in [1.29, 1.82) is 0 Å². The van der Waals surface area contributed by atoms with Gasteiger partial charge in [0.15, 0.2) is 0 Å². The van der Waals surface area contributed by atoms with Crippen LogP contribution in [0.1, 0.15) is 45.2 Å². The van der Waals surface area contributed by atoms with Crippen LogP contribution in [-0.4, -0.2) is 43.8 Å². The lowest BCUT2D eigenvalue weighted by atomic mass is 10.1. The summed E-state index contributed by atoms with van der Waals surface area (Å²) in [6.45, 7) is 7.04. The van der Waals surface area contributed by atoms with E-state index in [4.69, 9.17) is 11.6 Å². The first-order valence-corrected chi connectivity index (χ1v) is 14.9. The van der Waals surface area contributed by atoms with Crippen molar-refractivity contribution in [2.45, 2.75) is 64.1 Å². The molecule has 0 unspecified atom stereocenters. The van der Waals surface area contributed by atoms with Crippen molar-refractivity contribution < 1.29 is 18.0 Å². The summed E-state index contributed by atoms with van der Waals surface area (Å²) in [5, 5.41) is 3.43. The maximum Gasteiger partial charge on any atom is 0.264 e. The number of anilines is 1. The Morgan fingerprint density at radius 1 is 0.923 bits per heavy atom. The van der Waals surface area contributed by atoms with Crippen LogP contribution in [0, 0.1) is 0 Å². The first-order valence-electron chi connectivity index (χ1n) is 13.1. The zero-order valence-electron chi connectivity index (χ0n) is 22.8. The summed E-state index contributed by atoms with van der Waals surface area (Å²) in [6, 6.07) is 21.3. The van der Waals surface area contributed by atoms with E-state index in [1.165, 1.54) is 17.0 Å². The Kier molecular flexibility index (Phi) is 10.5. The topological polar surface area (TPSA) is 86.8 Å². The first kappa shape index (κ1) is 30.2. The molecule has 0 aliphatic carbocycles. The molecule has 39 heavy (non-hydrogen) atoms. The van der Waals surface area contributed by atoms with Crippen molar-refractivity contribution in [2.75, 3.05) is 10.8 Å². The minimum Gasteiger partial charge on any atom is -0.352 e. The van der Waals surface area contributed by atoms with Crippen molar-refractivity contribution in [1.82, 2.24) is 10.2 Å². The molecule has 3 rings (SSSR count). The molecule has 3 aromatic carbocycles. The molecule has 0 heterocycles. The van der Waals surface area contributed by atoms with Gasteiger partial charge in [-0.3, -0.25) is 13.9 Å². The molecular weight excluding hydrogens is 534 g/mol. The number of para-hydroxylation sites is 1. The standard InChI is InChI=1S/C30H36ClN3O4S/c1-5-22(3)32-30(36)23(4)33(20-24-13-12-15-26(31)19-24)29(35)21-34(28-18-11-10-14-25(28)6-2)39(37,38)27-16-8-7-9-17-27/h7-19,22-23H,5-6,20-21H2,1-4H3,(H,32,36)/t22-,23+/m0/s1. The minimum absolute atomic E-state index is 0.0746. The molecule has 2 amide bonds. The molecule has 3 aromatic rings. The van der Waals surface area contributed by atoms with Gasteiger partial charge in [-0.05, 0) is 68.1 Å². The van der Waals surface area contributed by atoms with Gasteiger partial charge < -0.3 is 10.2 Å². The maximum absolute atomic E-state index is 14.0. The van der Waals surface area contributed by atoms with E-state index < -0.39 is 28.5 Å². The molecule has 0 saturated heterocycles. The fourth-order valence-electron chi connectivity index (χ4n) is 4.17. The fraction of sp³-hybridized carbons (Fsp3) is 0.333. The predicted molar refractivity (Wildman–Crippen MR) is 156 cm³/mol. The van der Waals surface area contributed by atoms with Gasteiger partial charge in [0.2, 0.25) is 11.8 Å². The monoisotopic (exact) mass is 569 g/mol. The number of rotatable bonds is 12. The zero-order valence-corrected chi connectivity index (χ0v) is 24.4. The van der Waals surface area contributed by atoms with Crippen LogP contribution in [0.5, 0.6) is 0 Å². The highest BCUT2D eigenvalue weighted by Gasteiger charge is 2.33. The van der Waals surface area contributed by atoms with Crippen molar-refractivity contribution in [3.05, 3.63) is 95.0 Å². The second-order valence-electron chi connectivity index (χ2n) is 9.45. The number of hydrogen-bond acceptors (Lipinski definition) is 4. The number of amides is 2. The van der Waals surface area contributed by atoms with Gasteiger partial charge in [-0.2, -0.15) is 0 Å². The Morgan fingerprint density at radius 2 is 1.59 bits per heavy atom. The molecule has 0 fully saturated rings. The highest BCUT2D eigenvalue weighted by atomic mass is 35.5. The Labute approximate surface area is 236 Å². The summed E-state index contributed by atoms with van der Waals surface area (Å²) < 4.78 is 29.0. The summed E-state index contributed by atoms with van der Waals surface area (Å²) >= 11 is 6.19. The van der Waals surface area contributed by atoms with Crippen LogP contribution in [0.4, 0.5) is 5.69 Å². The third kappa shape index (κ3) is 7.61. The molecular formula is C30H36ClN3O4S. The number of carbonyl (C=O) groups is 2. The van der Waals surface area contributed by atoms with Crippen LogP contribution < -0.4 is 9.62 Å².